The molecule has 0 radical (unpaired) electrons. The summed E-state index contributed by atoms with van der Waals surface area (Å²) in [6.45, 7) is 1.70. The zero-order valence-electron chi connectivity index (χ0n) is 18.0. The molecule has 5 rings (SSSR count). The third-order valence-corrected chi connectivity index (χ3v) is 6.34. The molecule has 33 heavy (non-hydrogen) atoms. The van der Waals surface area contributed by atoms with Gasteiger partial charge in [0.05, 0.1) is 16.6 Å². The van der Waals surface area contributed by atoms with Crippen LogP contribution in [0.15, 0.2) is 47.3 Å². The zero-order chi connectivity index (χ0) is 23.1. The fourth-order valence-electron chi connectivity index (χ4n) is 4.33. The highest BCUT2D eigenvalue weighted by Crippen LogP contribution is 2.31. The van der Waals surface area contributed by atoms with Crippen LogP contribution in [-0.4, -0.2) is 57.7 Å². The van der Waals surface area contributed by atoms with Crippen molar-refractivity contribution < 1.29 is 14.0 Å². The second-order valence-electron chi connectivity index (χ2n) is 8.62. The molecule has 2 fully saturated rings. The van der Waals surface area contributed by atoms with Crippen molar-refractivity contribution in [3.05, 3.63) is 75.5 Å². The highest BCUT2D eigenvalue weighted by Gasteiger charge is 2.35. The first-order chi connectivity index (χ1) is 15.9. The van der Waals surface area contributed by atoms with Crippen LogP contribution in [-0.2, 0) is 11.2 Å². The lowest BCUT2D eigenvalue weighted by Gasteiger charge is -2.35. The van der Waals surface area contributed by atoms with Gasteiger partial charge in [-0.2, -0.15) is 5.10 Å². The SMILES string of the molecule is Nn1nc(Cc2ccc(F)c(C(=O)N3CCN(C(=O)C4CC4)CC3)c2)c2ccccc2c1=O. The van der Waals surface area contributed by atoms with E-state index < -0.39 is 17.3 Å². The predicted octanol–water partition coefficient (Wildman–Crippen LogP) is 1.53. The number of nitrogen functional groups attached to an aromatic ring is 1. The Balaban J connectivity index is 1.36. The van der Waals surface area contributed by atoms with E-state index in [2.05, 4.69) is 5.10 Å². The molecule has 0 atom stereocenters. The van der Waals surface area contributed by atoms with Gasteiger partial charge in [-0.3, -0.25) is 14.4 Å². The minimum absolute atomic E-state index is 0.0140. The van der Waals surface area contributed by atoms with Crippen molar-refractivity contribution in [2.45, 2.75) is 19.3 Å². The van der Waals surface area contributed by atoms with Gasteiger partial charge in [-0.25, -0.2) is 4.39 Å². The van der Waals surface area contributed by atoms with Crippen LogP contribution in [0.2, 0.25) is 0 Å². The molecule has 2 N–H and O–H groups in total. The lowest BCUT2D eigenvalue weighted by molar-refractivity contribution is -0.134. The van der Waals surface area contributed by atoms with Crippen LogP contribution in [0.25, 0.3) is 10.8 Å². The molecule has 170 valence electrons. The molecule has 9 heteroatoms. The summed E-state index contributed by atoms with van der Waals surface area (Å²) < 4.78 is 14.6. The third kappa shape index (κ3) is 4.06. The fourth-order valence-corrected chi connectivity index (χ4v) is 4.33. The topological polar surface area (TPSA) is 102 Å². The predicted molar refractivity (Wildman–Crippen MR) is 121 cm³/mol. The average molecular weight is 449 g/mol. The monoisotopic (exact) mass is 449 g/mol. The smallest absolute Gasteiger partial charge is 0.293 e. The van der Waals surface area contributed by atoms with E-state index in [0.29, 0.717) is 48.2 Å². The Morgan fingerprint density at radius 3 is 2.36 bits per heavy atom. The summed E-state index contributed by atoms with van der Waals surface area (Å²) in [5.41, 5.74) is 0.826. The molecule has 2 aliphatic rings. The second-order valence-corrected chi connectivity index (χ2v) is 8.62. The van der Waals surface area contributed by atoms with Crippen LogP contribution in [0.1, 0.15) is 34.5 Å². The van der Waals surface area contributed by atoms with Crippen molar-refractivity contribution in [1.29, 1.82) is 0 Å². The quantitative estimate of drug-likeness (QED) is 0.609. The fraction of sp³-hybridized carbons (Fsp3) is 0.333. The first kappa shape index (κ1) is 21.1. The van der Waals surface area contributed by atoms with E-state index in [9.17, 15) is 18.8 Å². The standard InChI is InChI=1S/C24H24FN5O3/c25-20-8-5-15(14-21-17-3-1-2-4-18(17)24(33)30(26)27-21)13-19(20)23(32)29-11-9-28(10-12-29)22(31)16-6-7-16/h1-5,8,13,16H,6-7,9-12,14,26H2. The normalized spacial score (nSPS) is 16.3. The van der Waals surface area contributed by atoms with Gasteiger partial charge in [0.25, 0.3) is 11.5 Å². The lowest BCUT2D eigenvalue weighted by Crippen LogP contribution is -2.51. The van der Waals surface area contributed by atoms with Gasteiger partial charge in [0.15, 0.2) is 0 Å². The second kappa shape index (κ2) is 8.31. The molecule has 0 spiro atoms. The van der Waals surface area contributed by atoms with Crippen molar-refractivity contribution in [3.63, 3.8) is 0 Å². The summed E-state index contributed by atoms with van der Waals surface area (Å²) in [5, 5.41) is 5.29. The third-order valence-electron chi connectivity index (χ3n) is 6.34. The summed E-state index contributed by atoms with van der Waals surface area (Å²) in [6.07, 6.45) is 2.17. The molecule has 1 aliphatic carbocycles. The lowest BCUT2D eigenvalue weighted by atomic mass is 10.0. The molecular weight excluding hydrogens is 425 g/mol. The van der Waals surface area contributed by atoms with Crippen LogP contribution in [0.4, 0.5) is 4.39 Å². The number of nitrogens with two attached hydrogens (primary N) is 1. The number of fused-ring (bicyclic) bond motifs is 1. The minimum Gasteiger partial charge on any atom is -0.339 e. The van der Waals surface area contributed by atoms with Crippen molar-refractivity contribution in [1.82, 2.24) is 19.7 Å². The van der Waals surface area contributed by atoms with Crippen molar-refractivity contribution in [2.75, 3.05) is 32.0 Å². The molecule has 2 heterocycles. The van der Waals surface area contributed by atoms with E-state index in [0.717, 1.165) is 17.6 Å². The van der Waals surface area contributed by atoms with E-state index in [1.54, 1.807) is 40.1 Å². The molecule has 1 saturated heterocycles. The summed E-state index contributed by atoms with van der Waals surface area (Å²) >= 11 is 0. The number of carbonyl (C=O) groups is 2. The summed E-state index contributed by atoms with van der Waals surface area (Å²) in [7, 11) is 0. The number of hydrogen-bond donors (Lipinski definition) is 1. The average Bonchev–Trinajstić information content (AvgIpc) is 3.68. The van der Waals surface area contributed by atoms with E-state index in [1.165, 1.54) is 12.1 Å². The molecule has 1 aliphatic heterocycles. The molecule has 1 aromatic heterocycles. The van der Waals surface area contributed by atoms with Gasteiger partial charge in [-0.15, -0.1) is 4.79 Å². The number of halogens is 1. The Kier molecular flexibility index (Phi) is 5.32. The highest BCUT2D eigenvalue weighted by molar-refractivity contribution is 5.95. The van der Waals surface area contributed by atoms with Gasteiger partial charge >= 0.3 is 0 Å². The summed E-state index contributed by atoms with van der Waals surface area (Å²) in [4.78, 5) is 41.7. The number of rotatable bonds is 4. The largest absolute Gasteiger partial charge is 0.339 e. The number of carbonyl (C=O) groups excluding carboxylic acids is 2. The van der Waals surface area contributed by atoms with Gasteiger partial charge < -0.3 is 15.6 Å². The first-order valence-corrected chi connectivity index (χ1v) is 11.0. The molecule has 0 unspecified atom stereocenters. The Morgan fingerprint density at radius 2 is 1.67 bits per heavy atom. The van der Waals surface area contributed by atoms with E-state index in [4.69, 9.17) is 5.84 Å². The number of amides is 2. The minimum atomic E-state index is -0.596. The van der Waals surface area contributed by atoms with E-state index in [-0.39, 0.29) is 23.8 Å². The van der Waals surface area contributed by atoms with Gasteiger partial charge in [0, 0.05) is 43.9 Å². The number of nitrogens with zero attached hydrogens (tertiary/aromatic N) is 4. The number of aromatic nitrogens is 2. The van der Waals surface area contributed by atoms with Crippen LogP contribution < -0.4 is 11.4 Å². The van der Waals surface area contributed by atoms with Gasteiger partial charge in [-0.05, 0) is 36.6 Å². The molecule has 1 saturated carbocycles. The van der Waals surface area contributed by atoms with E-state index >= 15 is 0 Å². The molecular formula is C24H24FN5O3. The van der Waals surface area contributed by atoms with Crippen LogP contribution in [0.5, 0.6) is 0 Å². The van der Waals surface area contributed by atoms with Gasteiger partial charge in [-0.1, -0.05) is 24.3 Å². The maximum Gasteiger partial charge on any atom is 0.293 e. The molecule has 3 aromatic rings. The number of benzene rings is 2. The summed E-state index contributed by atoms with van der Waals surface area (Å²) in [5.74, 6) is 5.06. The van der Waals surface area contributed by atoms with Crippen LogP contribution in [0.3, 0.4) is 0 Å². The molecule has 2 amide bonds. The van der Waals surface area contributed by atoms with Crippen molar-refractivity contribution >= 4 is 22.6 Å². The number of hydrogen-bond acceptors (Lipinski definition) is 5. The van der Waals surface area contributed by atoms with Crippen molar-refractivity contribution in [3.8, 4) is 0 Å². The van der Waals surface area contributed by atoms with Crippen LogP contribution >= 0.6 is 0 Å². The van der Waals surface area contributed by atoms with Crippen LogP contribution in [0, 0.1) is 11.7 Å². The number of piperazine rings is 1. The molecule has 8 nitrogen and oxygen atoms in total. The van der Waals surface area contributed by atoms with Gasteiger partial charge in [0.1, 0.15) is 5.82 Å². The Morgan fingerprint density at radius 1 is 1.00 bits per heavy atom. The Labute approximate surface area is 189 Å². The molecule has 2 aromatic carbocycles. The molecule has 0 bridgehead atoms. The Bertz CT molecular complexity index is 1310. The first-order valence-electron chi connectivity index (χ1n) is 11.0. The maximum atomic E-state index is 14.6. The Hall–Kier alpha value is -3.75. The van der Waals surface area contributed by atoms with Gasteiger partial charge in [0.2, 0.25) is 5.91 Å². The van der Waals surface area contributed by atoms with E-state index in [1.807, 2.05) is 0 Å². The summed E-state index contributed by atoms with van der Waals surface area (Å²) in [6, 6.07) is 11.4. The zero-order valence-corrected chi connectivity index (χ0v) is 18.0. The van der Waals surface area contributed by atoms with Crippen molar-refractivity contribution in [2.24, 2.45) is 5.92 Å². The highest BCUT2D eigenvalue weighted by atomic mass is 19.1. The maximum absolute atomic E-state index is 14.6.